The fourth-order valence-electron chi connectivity index (χ4n) is 1.91. The van der Waals surface area contributed by atoms with E-state index < -0.39 is 35.5 Å². The molecule has 0 amide bonds. The van der Waals surface area contributed by atoms with Crippen LogP contribution in [0, 0.1) is 0 Å². The highest BCUT2D eigenvalue weighted by atomic mass is 19.3. The van der Waals surface area contributed by atoms with E-state index in [9.17, 15) is 35.9 Å². The molecule has 2 rings (SSSR count). The molecule has 0 aliphatic heterocycles. The van der Waals surface area contributed by atoms with Crippen LogP contribution in [0.25, 0.3) is 10.8 Å². The lowest BCUT2D eigenvalue weighted by Crippen LogP contribution is -2.61. The lowest BCUT2D eigenvalue weighted by atomic mass is 10.0. The summed E-state index contributed by atoms with van der Waals surface area (Å²) in [5.74, 6) is -25.9. The van der Waals surface area contributed by atoms with Crippen molar-refractivity contribution in [1.29, 1.82) is 0 Å². The normalized spacial score (nSPS) is 12.9. The number of carbonyl (C=O) groups excluding carboxylic acids is 1. The Hall–Kier alpha value is -2.78. The Kier molecular flexibility index (Phi) is 4.41. The smallest absolute Gasteiger partial charge is 0.411 e. The Bertz CT molecular complexity index is 828. The zero-order chi connectivity index (χ0) is 19.0. The Balaban J connectivity index is 2.40. The molecule has 0 aliphatic carbocycles. The summed E-state index contributed by atoms with van der Waals surface area (Å²) >= 11 is 0. The van der Waals surface area contributed by atoms with E-state index in [1.165, 1.54) is 30.3 Å². The fraction of sp³-hybridized carbons (Fsp3) is 0.200. The van der Waals surface area contributed by atoms with Gasteiger partial charge in [-0.25, -0.2) is 9.59 Å². The van der Waals surface area contributed by atoms with Gasteiger partial charge in [-0.1, -0.05) is 36.4 Å². The highest BCUT2D eigenvalue weighted by molar-refractivity contribution is 5.92. The lowest BCUT2D eigenvalue weighted by Gasteiger charge is -2.28. The van der Waals surface area contributed by atoms with Crippen LogP contribution in [0.15, 0.2) is 42.5 Å². The second-order valence-corrected chi connectivity index (χ2v) is 4.90. The summed E-state index contributed by atoms with van der Waals surface area (Å²) in [7, 11) is 0. The van der Waals surface area contributed by atoms with Crippen molar-refractivity contribution in [2.75, 3.05) is 0 Å². The minimum absolute atomic E-state index is 0.0856. The largest absolute Gasteiger partial charge is 0.477 e. The molecule has 2 aromatic rings. The number of alkyl halides is 6. The number of esters is 1. The van der Waals surface area contributed by atoms with Crippen molar-refractivity contribution in [3.8, 4) is 5.75 Å². The van der Waals surface area contributed by atoms with Crippen molar-refractivity contribution < 1.29 is 45.8 Å². The summed E-state index contributed by atoms with van der Waals surface area (Å²) in [5, 5.41) is 8.52. The second-order valence-electron chi connectivity index (χ2n) is 4.90. The van der Waals surface area contributed by atoms with Crippen molar-refractivity contribution in [2.24, 2.45) is 0 Å². The summed E-state index contributed by atoms with van der Waals surface area (Å²) in [6.45, 7) is 0. The molecule has 0 unspecified atom stereocenters. The number of halogens is 6. The average molecular weight is 366 g/mol. The molecular formula is C15H8F6O4. The Morgan fingerprint density at radius 3 is 2.00 bits per heavy atom. The Morgan fingerprint density at radius 2 is 1.40 bits per heavy atom. The van der Waals surface area contributed by atoms with E-state index in [2.05, 4.69) is 4.74 Å². The molecule has 0 radical (unpaired) electrons. The summed E-state index contributed by atoms with van der Waals surface area (Å²) in [6, 6.07) is 9.56. The first kappa shape index (κ1) is 18.6. The monoisotopic (exact) mass is 366 g/mol. The highest BCUT2D eigenvalue weighted by Gasteiger charge is 2.79. The van der Waals surface area contributed by atoms with E-state index in [-0.39, 0.29) is 5.39 Å². The van der Waals surface area contributed by atoms with Gasteiger partial charge in [-0.2, -0.15) is 26.3 Å². The molecule has 0 aliphatic rings. The van der Waals surface area contributed by atoms with Crippen molar-refractivity contribution in [3.05, 3.63) is 42.5 Å². The summed E-state index contributed by atoms with van der Waals surface area (Å²) in [6.07, 6.45) is 0. The minimum Gasteiger partial charge on any atom is -0.477 e. The number of carboxylic acid groups (broad SMARTS) is 1. The number of ether oxygens (including phenoxy) is 1. The number of benzene rings is 2. The number of carboxylic acids is 1. The first-order chi connectivity index (χ1) is 11.4. The molecule has 0 aromatic heterocycles. The van der Waals surface area contributed by atoms with Crippen LogP contribution in [0.1, 0.15) is 0 Å². The van der Waals surface area contributed by atoms with Crippen LogP contribution in [0.4, 0.5) is 26.3 Å². The molecule has 25 heavy (non-hydrogen) atoms. The van der Waals surface area contributed by atoms with Crippen molar-refractivity contribution in [2.45, 2.75) is 17.8 Å². The molecule has 10 heteroatoms. The van der Waals surface area contributed by atoms with Crippen LogP contribution in [0.5, 0.6) is 5.75 Å². The van der Waals surface area contributed by atoms with E-state index in [0.717, 1.165) is 6.07 Å². The maximum Gasteiger partial charge on any atom is 0.411 e. The van der Waals surface area contributed by atoms with Gasteiger partial charge in [-0.05, 0) is 11.5 Å². The third kappa shape index (κ3) is 2.87. The molecular weight excluding hydrogens is 358 g/mol. The van der Waals surface area contributed by atoms with E-state index in [1.807, 2.05) is 0 Å². The van der Waals surface area contributed by atoms with E-state index >= 15 is 0 Å². The second kappa shape index (κ2) is 5.94. The quantitative estimate of drug-likeness (QED) is 0.498. The summed E-state index contributed by atoms with van der Waals surface area (Å²) in [5.41, 5.74) is 0. The first-order valence-corrected chi connectivity index (χ1v) is 6.50. The fourth-order valence-corrected chi connectivity index (χ4v) is 1.91. The van der Waals surface area contributed by atoms with Gasteiger partial charge in [-0.15, -0.1) is 0 Å². The standard InChI is InChI=1S/C15H8F6O4/c16-13(17,11(22)23)15(20,21)14(18,19)12(24)25-10-7-3-5-8-4-1-2-6-9(8)10/h1-7H,(H,22,23). The molecule has 0 saturated heterocycles. The van der Waals surface area contributed by atoms with Crippen molar-refractivity contribution >= 4 is 22.7 Å². The molecule has 0 bridgehead atoms. The van der Waals surface area contributed by atoms with E-state index in [1.54, 1.807) is 6.07 Å². The SMILES string of the molecule is O=C(O)C(F)(F)C(F)(F)C(F)(F)C(=O)Oc1cccc2ccccc12. The molecule has 0 saturated carbocycles. The van der Waals surface area contributed by atoms with Crippen LogP contribution in [0.3, 0.4) is 0 Å². The third-order valence-electron chi connectivity index (χ3n) is 3.27. The molecule has 0 fully saturated rings. The Morgan fingerprint density at radius 1 is 0.840 bits per heavy atom. The van der Waals surface area contributed by atoms with Gasteiger partial charge in [-0.3, -0.25) is 0 Å². The zero-order valence-corrected chi connectivity index (χ0v) is 12.0. The molecule has 0 heterocycles. The number of hydrogen-bond donors (Lipinski definition) is 1. The number of fused-ring (bicyclic) bond motifs is 1. The molecule has 2 aromatic carbocycles. The van der Waals surface area contributed by atoms with Crippen LogP contribution in [0.2, 0.25) is 0 Å². The number of hydrogen-bond acceptors (Lipinski definition) is 3. The van der Waals surface area contributed by atoms with Crippen LogP contribution < -0.4 is 4.74 Å². The molecule has 1 N–H and O–H groups in total. The van der Waals surface area contributed by atoms with Gasteiger partial charge < -0.3 is 9.84 Å². The molecule has 134 valence electrons. The molecule has 0 atom stereocenters. The first-order valence-electron chi connectivity index (χ1n) is 6.50. The zero-order valence-electron chi connectivity index (χ0n) is 12.0. The summed E-state index contributed by atoms with van der Waals surface area (Å²) < 4.78 is 83.8. The maximum atomic E-state index is 13.6. The number of carbonyl (C=O) groups is 2. The minimum atomic E-state index is -6.51. The predicted octanol–water partition coefficient (Wildman–Crippen LogP) is 3.74. The van der Waals surface area contributed by atoms with Crippen LogP contribution in [-0.4, -0.2) is 34.8 Å². The lowest BCUT2D eigenvalue weighted by molar-refractivity contribution is -0.297. The van der Waals surface area contributed by atoms with Gasteiger partial charge in [0, 0.05) is 5.39 Å². The van der Waals surface area contributed by atoms with Crippen LogP contribution >= 0.6 is 0 Å². The average Bonchev–Trinajstić information content (AvgIpc) is 2.54. The van der Waals surface area contributed by atoms with Crippen LogP contribution in [-0.2, 0) is 9.59 Å². The van der Waals surface area contributed by atoms with Gasteiger partial charge >= 0.3 is 29.7 Å². The molecule has 4 nitrogen and oxygen atoms in total. The number of aliphatic carboxylic acids is 1. The predicted molar refractivity (Wildman–Crippen MR) is 72.1 cm³/mol. The topological polar surface area (TPSA) is 63.6 Å². The van der Waals surface area contributed by atoms with Gasteiger partial charge in [0.05, 0.1) is 0 Å². The van der Waals surface area contributed by atoms with Gasteiger partial charge in [0.1, 0.15) is 5.75 Å². The van der Waals surface area contributed by atoms with Gasteiger partial charge in [0.2, 0.25) is 0 Å². The third-order valence-corrected chi connectivity index (χ3v) is 3.27. The highest BCUT2D eigenvalue weighted by Crippen LogP contribution is 2.46. The van der Waals surface area contributed by atoms with Crippen molar-refractivity contribution in [3.63, 3.8) is 0 Å². The molecule has 0 spiro atoms. The van der Waals surface area contributed by atoms with E-state index in [4.69, 9.17) is 5.11 Å². The van der Waals surface area contributed by atoms with E-state index in [0.29, 0.717) is 5.39 Å². The van der Waals surface area contributed by atoms with Crippen molar-refractivity contribution in [1.82, 2.24) is 0 Å². The Labute approximate surface area is 135 Å². The van der Waals surface area contributed by atoms with Gasteiger partial charge in [0.15, 0.2) is 0 Å². The number of rotatable bonds is 5. The van der Waals surface area contributed by atoms with Gasteiger partial charge in [0.25, 0.3) is 0 Å². The summed E-state index contributed by atoms with van der Waals surface area (Å²) in [4.78, 5) is 21.6. The maximum absolute atomic E-state index is 13.6.